The van der Waals surface area contributed by atoms with Crippen LogP contribution in [-0.4, -0.2) is 18.7 Å². The molecule has 0 aliphatic carbocycles. The van der Waals surface area contributed by atoms with Gasteiger partial charge in [-0.1, -0.05) is 44.8 Å². The number of hydrogen-bond donors (Lipinski definition) is 0. The number of ether oxygens (including phenoxy) is 3. The van der Waals surface area contributed by atoms with Gasteiger partial charge in [-0.25, -0.2) is 9.59 Å². The van der Waals surface area contributed by atoms with Crippen LogP contribution < -0.4 is 9.47 Å². The highest BCUT2D eigenvalue weighted by molar-refractivity contribution is 5.88. The summed E-state index contributed by atoms with van der Waals surface area (Å²) < 4.78 is 15.4. The molecule has 0 radical (unpaired) electrons. The first-order valence-corrected chi connectivity index (χ1v) is 7.90. The molecule has 5 nitrogen and oxygen atoms in total. The molecule has 0 heterocycles. The Hall–Kier alpha value is -3.34. The number of hydrogen-bond acceptors (Lipinski definition) is 5. The molecule has 0 spiro atoms. The van der Waals surface area contributed by atoms with E-state index in [0.717, 1.165) is 11.1 Å². The first kappa shape index (κ1) is 21.7. The zero-order chi connectivity index (χ0) is 19.1. The molecule has 0 unspecified atom stereocenters. The molecule has 0 N–H and O–H groups in total. The Balaban J connectivity index is 0.00000364. The van der Waals surface area contributed by atoms with Crippen molar-refractivity contribution in [1.29, 1.82) is 0 Å². The van der Waals surface area contributed by atoms with Gasteiger partial charge in [-0.2, -0.15) is 0 Å². The summed E-state index contributed by atoms with van der Waals surface area (Å²) in [7, 11) is 0. The van der Waals surface area contributed by atoms with Crippen LogP contribution in [0.5, 0.6) is 11.5 Å². The number of carbonyl (C=O) groups excluding carboxylic acids is 2. The molecule has 0 aromatic heterocycles. The van der Waals surface area contributed by atoms with E-state index in [1.807, 2.05) is 24.3 Å². The highest BCUT2D eigenvalue weighted by Crippen LogP contribution is 2.25. The lowest BCUT2D eigenvalue weighted by molar-refractivity contribution is -0.145. The molecule has 2 aromatic rings. The van der Waals surface area contributed by atoms with Crippen molar-refractivity contribution >= 4 is 11.9 Å². The Kier molecular flexibility index (Phi) is 8.01. The van der Waals surface area contributed by atoms with Crippen LogP contribution >= 0.6 is 0 Å². The molecule has 0 atom stereocenters. The fraction of sp³-hybridized carbons (Fsp3) is 0.182. The minimum absolute atomic E-state index is 0. The van der Waals surface area contributed by atoms with E-state index in [4.69, 9.17) is 14.2 Å². The van der Waals surface area contributed by atoms with Gasteiger partial charge in [-0.15, -0.1) is 0 Å². The van der Waals surface area contributed by atoms with Gasteiger partial charge in [0.2, 0.25) is 6.79 Å². The third-order valence-corrected chi connectivity index (χ3v) is 3.37. The van der Waals surface area contributed by atoms with E-state index in [9.17, 15) is 9.59 Å². The minimum Gasteiger partial charge on any atom is -0.457 e. The standard InChI is InChI=1S/C21H20O5.CH4/c1-14(2)20(22)25-13-24-18-9-5-16(6-10-18)17-7-11-19(12-8-17)26-21(23)15(3)4;/h5-12H,1,3,13H2,2,4H3;1H4. The SMILES string of the molecule is C.C=C(C)C(=O)OCOc1ccc(-c2ccc(OC(=O)C(=C)C)cc2)cc1. The molecule has 2 aromatic carbocycles. The first-order valence-electron chi connectivity index (χ1n) is 7.90. The predicted octanol–water partition coefficient (Wildman–Crippen LogP) is 4.93. The zero-order valence-electron chi connectivity index (χ0n) is 14.8. The number of benzene rings is 2. The van der Waals surface area contributed by atoms with Gasteiger partial charge in [0, 0.05) is 11.1 Å². The van der Waals surface area contributed by atoms with Gasteiger partial charge in [-0.05, 0) is 49.2 Å². The van der Waals surface area contributed by atoms with Crippen LogP contribution in [0.3, 0.4) is 0 Å². The third kappa shape index (κ3) is 6.47. The summed E-state index contributed by atoms with van der Waals surface area (Å²) in [5.41, 5.74) is 2.59. The van der Waals surface area contributed by atoms with E-state index in [-0.39, 0.29) is 14.2 Å². The van der Waals surface area contributed by atoms with Gasteiger partial charge in [0.1, 0.15) is 11.5 Å². The van der Waals surface area contributed by atoms with Crippen molar-refractivity contribution in [2.45, 2.75) is 21.3 Å². The van der Waals surface area contributed by atoms with E-state index in [1.54, 1.807) is 38.1 Å². The van der Waals surface area contributed by atoms with E-state index in [2.05, 4.69) is 13.2 Å². The fourth-order valence-corrected chi connectivity index (χ4v) is 1.93. The number of rotatable bonds is 7. The van der Waals surface area contributed by atoms with Gasteiger partial charge in [0.15, 0.2) is 0 Å². The van der Waals surface area contributed by atoms with Crippen molar-refractivity contribution in [3.63, 3.8) is 0 Å². The topological polar surface area (TPSA) is 61.8 Å². The minimum atomic E-state index is -0.492. The highest BCUT2D eigenvalue weighted by Gasteiger charge is 2.06. The molecule has 0 saturated carbocycles. The second kappa shape index (κ2) is 9.97. The Morgan fingerprint density at radius 3 is 1.67 bits per heavy atom. The highest BCUT2D eigenvalue weighted by atomic mass is 16.7. The van der Waals surface area contributed by atoms with Crippen molar-refractivity contribution < 1.29 is 23.8 Å². The van der Waals surface area contributed by atoms with Gasteiger partial charge in [0.05, 0.1) is 0 Å². The summed E-state index contributed by atoms with van der Waals surface area (Å²) in [4.78, 5) is 22.8. The van der Waals surface area contributed by atoms with Gasteiger partial charge in [0.25, 0.3) is 0 Å². The number of carbonyl (C=O) groups is 2. The zero-order valence-corrected chi connectivity index (χ0v) is 14.8. The smallest absolute Gasteiger partial charge is 0.338 e. The van der Waals surface area contributed by atoms with Crippen molar-refractivity contribution in [3.05, 3.63) is 72.8 Å². The normalized spacial score (nSPS) is 9.56. The first-order chi connectivity index (χ1) is 12.4. The van der Waals surface area contributed by atoms with E-state index >= 15 is 0 Å². The van der Waals surface area contributed by atoms with Crippen molar-refractivity contribution in [2.75, 3.05) is 6.79 Å². The van der Waals surface area contributed by atoms with Crippen LogP contribution in [0, 0.1) is 0 Å². The Bertz CT molecular complexity index is 817. The van der Waals surface area contributed by atoms with E-state index in [1.165, 1.54) is 0 Å². The fourth-order valence-electron chi connectivity index (χ4n) is 1.93. The maximum absolute atomic E-state index is 11.5. The summed E-state index contributed by atoms with van der Waals surface area (Å²) in [5, 5.41) is 0. The monoisotopic (exact) mass is 368 g/mol. The molecule has 0 amide bonds. The summed E-state index contributed by atoms with van der Waals surface area (Å²) in [5.74, 6) is 0.0944. The second-order valence-electron chi connectivity index (χ2n) is 5.69. The molecule has 0 bridgehead atoms. The molecule has 0 aliphatic heterocycles. The maximum atomic E-state index is 11.5. The van der Waals surface area contributed by atoms with Crippen molar-refractivity contribution in [2.24, 2.45) is 0 Å². The Labute approximate surface area is 159 Å². The van der Waals surface area contributed by atoms with Crippen LogP contribution in [0.1, 0.15) is 21.3 Å². The van der Waals surface area contributed by atoms with Crippen LogP contribution in [0.4, 0.5) is 0 Å². The van der Waals surface area contributed by atoms with Gasteiger partial charge in [-0.3, -0.25) is 0 Å². The lowest BCUT2D eigenvalue weighted by Gasteiger charge is -2.09. The second-order valence-corrected chi connectivity index (χ2v) is 5.69. The summed E-state index contributed by atoms with van der Waals surface area (Å²) in [6.07, 6.45) is 0. The van der Waals surface area contributed by atoms with Crippen LogP contribution in [0.2, 0.25) is 0 Å². The average Bonchev–Trinajstić information content (AvgIpc) is 2.62. The molecule has 5 heteroatoms. The molecular formula is C22H24O5. The molecular weight excluding hydrogens is 344 g/mol. The summed E-state index contributed by atoms with van der Waals surface area (Å²) in [6.45, 7) is 10.0. The van der Waals surface area contributed by atoms with Gasteiger partial charge >= 0.3 is 11.9 Å². The average molecular weight is 368 g/mol. The lowest BCUT2D eigenvalue weighted by Crippen LogP contribution is -2.10. The lowest BCUT2D eigenvalue weighted by atomic mass is 10.1. The molecule has 0 aliphatic rings. The molecule has 0 saturated heterocycles. The Morgan fingerprint density at radius 1 is 0.778 bits per heavy atom. The molecule has 2 rings (SSSR count). The van der Waals surface area contributed by atoms with E-state index < -0.39 is 11.9 Å². The van der Waals surface area contributed by atoms with Crippen molar-refractivity contribution in [3.8, 4) is 22.6 Å². The van der Waals surface area contributed by atoms with Crippen LogP contribution in [-0.2, 0) is 14.3 Å². The molecule has 0 fully saturated rings. The molecule has 27 heavy (non-hydrogen) atoms. The van der Waals surface area contributed by atoms with Crippen LogP contribution in [0.15, 0.2) is 72.8 Å². The Morgan fingerprint density at radius 2 is 1.22 bits per heavy atom. The van der Waals surface area contributed by atoms with E-state index in [0.29, 0.717) is 22.6 Å². The van der Waals surface area contributed by atoms with Crippen LogP contribution in [0.25, 0.3) is 11.1 Å². The third-order valence-electron chi connectivity index (χ3n) is 3.37. The predicted molar refractivity (Wildman–Crippen MR) is 105 cm³/mol. The largest absolute Gasteiger partial charge is 0.457 e. The van der Waals surface area contributed by atoms with Gasteiger partial charge < -0.3 is 14.2 Å². The summed E-state index contributed by atoms with van der Waals surface area (Å²) >= 11 is 0. The maximum Gasteiger partial charge on any atom is 0.338 e. The molecule has 142 valence electrons. The number of esters is 2. The summed E-state index contributed by atoms with van der Waals surface area (Å²) in [6, 6.07) is 14.5. The quantitative estimate of drug-likeness (QED) is 0.300. The van der Waals surface area contributed by atoms with Crippen molar-refractivity contribution in [1.82, 2.24) is 0 Å².